The van der Waals surface area contributed by atoms with Crippen molar-refractivity contribution in [3.8, 4) is 0 Å². The lowest BCUT2D eigenvalue weighted by Crippen LogP contribution is -2.63. The molecule has 1 amide bonds. The van der Waals surface area contributed by atoms with E-state index in [1.54, 1.807) is 0 Å². The third kappa shape index (κ3) is 3.96. The number of hydrogen-bond acceptors (Lipinski definition) is 2. The van der Waals surface area contributed by atoms with Crippen molar-refractivity contribution in [2.75, 3.05) is 0 Å². The summed E-state index contributed by atoms with van der Waals surface area (Å²) in [6, 6.07) is 0.533. The minimum atomic E-state index is -6.09. The third-order valence-corrected chi connectivity index (χ3v) is 2.93. The number of benzene rings is 1. The van der Waals surface area contributed by atoms with Crippen LogP contribution in [0.5, 0.6) is 0 Å². The topological polar surface area (TPSA) is 66.4 Å². The highest BCUT2D eigenvalue weighted by atomic mass is 19.4. The molecule has 0 fully saturated rings. The largest absolute Gasteiger partial charge is 0.479 e. The summed E-state index contributed by atoms with van der Waals surface area (Å²) in [5.41, 5.74) is -8.23. The number of carboxylic acid groups (broad SMARTS) is 1. The van der Waals surface area contributed by atoms with Crippen LogP contribution in [0, 0.1) is 0 Å². The molecule has 2 N–H and O–H groups in total. The van der Waals surface area contributed by atoms with Gasteiger partial charge in [-0.05, 0) is 17.7 Å². The summed E-state index contributed by atoms with van der Waals surface area (Å²) in [6.07, 6.45) is -17.2. The van der Waals surface area contributed by atoms with E-state index in [-0.39, 0.29) is 23.5 Å². The van der Waals surface area contributed by atoms with Crippen molar-refractivity contribution >= 4 is 11.9 Å². The lowest BCUT2D eigenvalue weighted by molar-refractivity contribution is -0.221. The van der Waals surface area contributed by atoms with E-state index in [2.05, 4.69) is 0 Å². The lowest BCUT2D eigenvalue weighted by Gasteiger charge is -2.33. The highest BCUT2D eigenvalue weighted by molar-refractivity contribution is 5.91. The number of aliphatic carboxylic acids is 1. The molecule has 0 heterocycles. The van der Waals surface area contributed by atoms with Crippen LogP contribution in [0.4, 0.5) is 39.5 Å². The Hall–Kier alpha value is -2.47. The first-order valence-electron chi connectivity index (χ1n) is 5.90. The third-order valence-electron chi connectivity index (χ3n) is 2.93. The molecule has 0 aliphatic heterocycles. The Morgan fingerprint density at radius 3 is 1.72 bits per heavy atom. The van der Waals surface area contributed by atoms with Crippen molar-refractivity contribution in [3.05, 3.63) is 35.4 Å². The SMILES string of the molecule is O=C(NC(C(=O)O)(c1cccc(C(F)(F)F)c1)C(F)(F)F)C(F)(F)F. The van der Waals surface area contributed by atoms with Gasteiger partial charge in [0.05, 0.1) is 5.56 Å². The van der Waals surface area contributed by atoms with Gasteiger partial charge in [-0.25, -0.2) is 4.79 Å². The van der Waals surface area contributed by atoms with Gasteiger partial charge in [0, 0.05) is 0 Å². The Morgan fingerprint density at radius 1 is 0.880 bits per heavy atom. The maximum atomic E-state index is 13.2. The second kappa shape index (κ2) is 6.11. The molecule has 4 nitrogen and oxygen atoms in total. The number of rotatable bonds is 3. The van der Waals surface area contributed by atoms with Gasteiger partial charge in [-0.2, -0.15) is 39.5 Å². The van der Waals surface area contributed by atoms with Crippen LogP contribution in [0.2, 0.25) is 0 Å². The molecular formula is C12H6F9NO3. The fourth-order valence-corrected chi connectivity index (χ4v) is 1.77. The monoisotopic (exact) mass is 383 g/mol. The second-order valence-electron chi connectivity index (χ2n) is 4.58. The van der Waals surface area contributed by atoms with Crippen molar-refractivity contribution in [2.45, 2.75) is 24.1 Å². The van der Waals surface area contributed by atoms with E-state index in [0.717, 1.165) is 0 Å². The van der Waals surface area contributed by atoms with E-state index < -0.39 is 47.1 Å². The predicted molar refractivity (Wildman–Crippen MR) is 61.0 cm³/mol. The van der Waals surface area contributed by atoms with Crippen LogP contribution in [-0.2, 0) is 21.3 Å². The molecule has 1 unspecified atom stereocenters. The molecule has 0 aromatic heterocycles. The van der Waals surface area contributed by atoms with E-state index >= 15 is 0 Å². The minimum absolute atomic E-state index is 0.202. The van der Waals surface area contributed by atoms with Crippen molar-refractivity contribution in [3.63, 3.8) is 0 Å². The normalized spacial score (nSPS) is 15.4. The number of halogens is 9. The first-order valence-corrected chi connectivity index (χ1v) is 5.90. The molecular weight excluding hydrogens is 377 g/mol. The van der Waals surface area contributed by atoms with Crippen molar-refractivity contribution in [1.82, 2.24) is 5.32 Å². The highest BCUT2D eigenvalue weighted by Crippen LogP contribution is 2.42. The summed E-state index contributed by atoms with van der Waals surface area (Å²) in [7, 11) is 0. The summed E-state index contributed by atoms with van der Waals surface area (Å²) in [5, 5.41) is 9.09. The molecule has 1 rings (SSSR count). The minimum Gasteiger partial charge on any atom is -0.479 e. The molecule has 25 heavy (non-hydrogen) atoms. The first-order chi connectivity index (χ1) is 11.0. The zero-order valence-corrected chi connectivity index (χ0v) is 11.5. The molecule has 13 heteroatoms. The van der Waals surface area contributed by atoms with Crippen molar-refractivity contribution < 1.29 is 54.2 Å². The molecule has 1 aromatic rings. The Morgan fingerprint density at radius 2 is 1.36 bits per heavy atom. The van der Waals surface area contributed by atoms with Crippen LogP contribution in [-0.4, -0.2) is 29.3 Å². The van der Waals surface area contributed by atoms with Gasteiger partial charge >= 0.3 is 30.4 Å². The molecule has 0 saturated carbocycles. The van der Waals surface area contributed by atoms with Gasteiger partial charge < -0.3 is 10.4 Å². The average molecular weight is 383 g/mol. The van der Waals surface area contributed by atoms with Crippen LogP contribution >= 0.6 is 0 Å². The lowest BCUT2D eigenvalue weighted by atomic mass is 9.87. The Bertz CT molecular complexity index is 678. The van der Waals surface area contributed by atoms with Gasteiger partial charge in [0.2, 0.25) is 0 Å². The van der Waals surface area contributed by atoms with Crippen LogP contribution in [0.25, 0.3) is 0 Å². The fraction of sp³-hybridized carbons (Fsp3) is 0.333. The van der Waals surface area contributed by atoms with Gasteiger partial charge in [0.15, 0.2) is 0 Å². The van der Waals surface area contributed by atoms with Crippen LogP contribution in [0.1, 0.15) is 11.1 Å². The first kappa shape index (κ1) is 20.6. The molecule has 0 aliphatic rings. The molecule has 140 valence electrons. The average Bonchev–Trinajstić information content (AvgIpc) is 2.40. The molecule has 1 aromatic carbocycles. The molecule has 0 radical (unpaired) electrons. The molecule has 0 aliphatic carbocycles. The summed E-state index contributed by atoms with van der Waals surface area (Å²) >= 11 is 0. The summed E-state index contributed by atoms with van der Waals surface area (Å²) in [5.74, 6) is -6.33. The van der Waals surface area contributed by atoms with Crippen molar-refractivity contribution in [2.24, 2.45) is 0 Å². The number of carbonyl (C=O) groups is 2. The van der Waals surface area contributed by atoms with E-state index in [1.807, 2.05) is 0 Å². The van der Waals surface area contributed by atoms with E-state index in [4.69, 9.17) is 5.11 Å². The van der Waals surface area contributed by atoms with E-state index in [9.17, 15) is 49.1 Å². The fourth-order valence-electron chi connectivity index (χ4n) is 1.77. The second-order valence-corrected chi connectivity index (χ2v) is 4.58. The van der Waals surface area contributed by atoms with E-state index in [1.165, 1.54) is 0 Å². The van der Waals surface area contributed by atoms with Crippen LogP contribution in [0.15, 0.2) is 24.3 Å². The standard InChI is InChI=1S/C12H6F9NO3/c13-10(14,15)6-3-1-2-5(4-6)9(8(24)25,12(19,20)21)22-7(23)11(16,17)18/h1-4H,(H,22,23)(H,24,25). The van der Waals surface area contributed by atoms with E-state index in [0.29, 0.717) is 6.07 Å². The zero-order chi connectivity index (χ0) is 19.8. The number of alkyl halides is 9. The number of hydrogen-bond donors (Lipinski definition) is 2. The maximum Gasteiger partial charge on any atom is 0.471 e. The molecule has 0 saturated heterocycles. The summed E-state index contributed by atoms with van der Waals surface area (Å²) in [6.45, 7) is 0. The number of carboxylic acids is 1. The van der Waals surface area contributed by atoms with Gasteiger partial charge in [-0.3, -0.25) is 4.79 Å². The number of amides is 1. The van der Waals surface area contributed by atoms with Crippen molar-refractivity contribution in [1.29, 1.82) is 0 Å². The Labute approximate surface area is 132 Å². The van der Waals surface area contributed by atoms with Crippen LogP contribution in [0.3, 0.4) is 0 Å². The Kier molecular flexibility index (Phi) is 5.03. The maximum absolute atomic E-state index is 13.2. The van der Waals surface area contributed by atoms with Crippen LogP contribution < -0.4 is 5.32 Å². The Balaban J connectivity index is 3.68. The smallest absolute Gasteiger partial charge is 0.471 e. The summed E-state index contributed by atoms with van der Waals surface area (Å²) in [4.78, 5) is 22.0. The molecule has 0 spiro atoms. The summed E-state index contributed by atoms with van der Waals surface area (Å²) < 4.78 is 114. The van der Waals surface area contributed by atoms with Gasteiger partial charge in [0.1, 0.15) is 0 Å². The zero-order valence-electron chi connectivity index (χ0n) is 11.5. The van der Waals surface area contributed by atoms with Gasteiger partial charge in [-0.1, -0.05) is 12.1 Å². The number of nitrogens with one attached hydrogen (secondary N) is 1. The molecule has 0 bridgehead atoms. The van der Waals surface area contributed by atoms with Gasteiger partial charge in [-0.15, -0.1) is 0 Å². The highest BCUT2D eigenvalue weighted by Gasteiger charge is 2.65. The predicted octanol–water partition coefficient (Wildman–Crippen LogP) is 3.23. The number of carbonyl (C=O) groups excluding carboxylic acids is 1. The quantitative estimate of drug-likeness (QED) is 0.788. The van der Waals surface area contributed by atoms with Gasteiger partial charge in [0.25, 0.3) is 5.54 Å². The molecule has 1 atom stereocenters.